The molecule has 0 aliphatic heterocycles. The molecule has 0 unspecified atom stereocenters. The van der Waals surface area contributed by atoms with E-state index in [2.05, 4.69) is 25.4 Å². The minimum atomic E-state index is -5.77. The Hall–Kier alpha value is -1.78. The molecule has 0 bridgehead atoms. The largest absolute Gasteiger partial charge is 0.494 e. The molecule has 0 atom stereocenters. The molecule has 2 rings (SSSR count). The Morgan fingerprint density at radius 3 is 2.21 bits per heavy atom. The van der Waals surface area contributed by atoms with Gasteiger partial charge in [0.25, 0.3) is 5.60 Å². The first-order chi connectivity index (χ1) is 15.5. The van der Waals surface area contributed by atoms with Gasteiger partial charge in [0.05, 0.1) is 6.61 Å². The van der Waals surface area contributed by atoms with E-state index < -0.39 is 30.3 Å². The molecule has 0 aliphatic rings. The summed E-state index contributed by atoms with van der Waals surface area (Å²) in [6.07, 6.45) is -9.97. The Labute approximate surface area is 197 Å². The molecule has 2 aromatic rings. The fourth-order valence-electron chi connectivity index (χ4n) is 3.45. The fraction of sp³-hybridized carbons (Fsp3) is 0.478. The lowest BCUT2D eigenvalue weighted by molar-refractivity contribution is -0.400. The molecule has 0 fully saturated rings. The van der Waals surface area contributed by atoms with Crippen molar-refractivity contribution in [3.8, 4) is 16.9 Å². The highest BCUT2D eigenvalue weighted by Crippen LogP contribution is 2.53. The Morgan fingerprint density at radius 1 is 0.939 bits per heavy atom. The van der Waals surface area contributed by atoms with Crippen LogP contribution in [-0.4, -0.2) is 38.2 Å². The predicted molar refractivity (Wildman–Crippen MR) is 117 cm³/mol. The second kappa shape index (κ2) is 11.6. The lowest BCUT2D eigenvalue weighted by Gasteiger charge is -2.37. The topological polar surface area (TPSA) is 27.7 Å². The summed E-state index contributed by atoms with van der Waals surface area (Å²) >= 11 is 3.31. The first kappa shape index (κ1) is 27.5. The third-order valence-electron chi connectivity index (χ3n) is 4.91. The lowest BCUT2D eigenvalue weighted by atomic mass is 9.86. The maximum atomic E-state index is 13.9. The fourth-order valence-corrected chi connectivity index (χ4v) is 3.68. The third-order valence-corrected chi connectivity index (χ3v) is 5.48. The van der Waals surface area contributed by atoms with Crippen molar-refractivity contribution >= 4 is 15.9 Å². The van der Waals surface area contributed by atoms with Crippen molar-refractivity contribution in [3.63, 3.8) is 0 Å². The van der Waals surface area contributed by atoms with E-state index in [1.807, 2.05) is 0 Å². The van der Waals surface area contributed by atoms with E-state index in [1.54, 1.807) is 31.2 Å². The molecular formula is C23H25BrF6O3. The molecule has 3 nitrogen and oxygen atoms in total. The summed E-state index contributed by atoms with van der Waals surface area (Å²) in [5.41, 5.74) is -4.07. The van der Waals surface area contributed by atoms with Crippen molar-refractivity contribution in [2.24, 2.45) is 0 Å². The zero-order valence-electron chi connectivity index (χ0n) is 18.2. The van der Waals surface area contributed by atoms with Crippen LogP contribution >= 0.6 is 15.9 Å². The molecule has 0 saturated carbocycles. The Balaban J connectivity index is 2.62. The predicted octanol–water partition coefficient (Wildman–Crippen LogP) is 7.41. The van der Waals surface area contributed by atoms with Crippen molar-refractivity contribution in [1.29, 1.82) is 0 Å². The van der Waals surface area contributed by atoms with Gasteiger partial charge in [-0.1, -0.05) is 59.6 Å². The third kappa shape index (κ3) is 6.22. The molecule has 0 amide bonds. The highest BCUT2D eigenvalue weighted by atomic mass is 79.9. The van der Waals surface area contributed by atoms with Gasteiger partial charge in [-0.25, -0.2) is 0 Å². The van der Waals surface area contributed by atoms with Crippen LogP contribution in [0.5, 0.6) is 5.75 Å². The lowest BCUT2D eigenvalue weighted by Crippen LogP contribution is -2.56. The van der Waals surface area contributed by atoms with Gasteiger partial charge >= 0.3 is 12.4 Å². The van der Waals surface area contributed by atoms with Crippen LogP contribution in [0.3, 0.4) is 0 Å². The van der Waals surface area contributed by atoms with Crippen LogP contribution < -0.4 is 4.74 Å². The molecule has 2 aromatic carbocycles. The number of ether oxygens (including phenoxy) is 3. The molecule has 0 N–H and O–H groups in total. The number of hydrogen-bond acceptors (Lipinski definition) is 3. The van der Waals surface area contributed by atoms with Gasteiger partial charge in [-0.05, 0) is 41.7 Å². The minimum absolute atomic E-state index is 0.272. The quantitative estimate of drug-likeness (QED) is 0.128. The molecule has 0 aromatic heterocycles. The summed E-state index contributed by atoms with van der Waals surface area (Å²) in [5.74, 6) is 0.559. The molecule has 0 spiro atoms. The Bertz CT molecular complexity index is 884. The molecule has 184 valence electrons. The number of aryl methyl sites for hydroxylation is 1. The van der Waals surface area contributed by atoms with Gasteiger partial charge in [-0.15, -0.1) is 0 Å². The van der Waals surface area contributed by atoms with Gasteiger partial charge in [-0.3, -0.25) is 0 Å². The molecule has 0 heterocycles. The van der Waals surface area contributed by atoms with E-state index in [-0.39, 0.29) is 6.42 Å². The second-order valence-electron chi connectivity index (χ2n) is 7.27. The van der Waals surface area contributed by atoms with Crippen LogP contribution in [0.4, 0.5) is 26.3 Å². The number of methoxy groups -OCH3 is 1. The summed E-state index contributed by atoms with van der Waals surface area (Å²) in [7, 11) is 0.954. The van der Waals surface area contributed by atoms with Gasteiger partial charge in [0.1, 0.15) is 12.5 Å². The average molecular weight is 543 g/mol. The van der Waals surface area contributed by atoms with Crippen molar-refractivity contribution in [2.75, 3.05) is 25.8 Å². The smallest absolute Gasteiger partial charge is 0.430 e. The van der Waals surface area contributed by atoms with E-state index >= 15 is 0 Å². The van der Waals surface area contributed by atoms with E-state index in [4.69, 9.17) is 4.74 Å². The van der Waals surface area contributed by atoms with Crippen molar-refractivity contribution < 1.29 is 40.6 Å². The number of hydrogen-bond donors (Lipinski definition) is 0. The second-order valence-corrected chi connectivity index (χ2v) is 8.06. The SMILES string of the molecule is CCCc1cc(C(OCOC)(C(F)(F)F)C(F)(F)F)ccc1-c1cccc(OCCCBr)c1. The highest BCUT2D eigenvalue weighted by molar-refractivity contribution is 9.09. The highest BCUT2D eigenvalue weighted by Gasteiger charge is 2.73. The molecule has 0 radical (unpaired) electrons. The molecule has 0 saturated heterocycles. The molecular weight excluding hydrogens is 518 g/mol. The van der Waals surface area contributed by atoms with Gasteiger partial charge < -0.3 is 14.2 Å². The minimum Gasteiger partial charge on any atom is -0.494 e. The summed E-state index contributed by atoms with van der Waals surface area (Å²) in [6, 6.07) is 9.90. The molecule has 33 heavy (non-hydrogen) atoms. The van der Waals surface area contributed by atoms with Crippen LogP contribution in [0.25, 0.3) is 11.1 Å². The van der Waals surface area contributed by atoms with Crippen LogP contribution in [0, 0.1) is 0 Å². The number of alkyl halides is 7. The number of halogens is 7. The normalized spacial score (nSPS) is 12.8. The van der Waals surface area contributed by atoms with Crippen molar-refractivity contribution in [1.82, 2.24) is 0 Å². The Morgan fingerprint density at radius 2 is 1.64 bits per heavy atom. The first-order valence-corrected chi connectivity index (χ1v) is 11.3. The van der Waals surface area contributed by atoms with Crippen LogP contribution in [0.15, 0.2) is 42.5 Å². The van der Waals surface area contributed by atoms with Gasteiger partial charge in [0.2, 0.25) is 0 Å². The van der Waals surface area contributed by atoms with Gasteiger partial charge in [-0.2, -0.15) is 26.3 Å². The van der Waals surface area contributed by atoms with E-state index in [9.17, 15) is 26.3 Å². The summed E-state index contributed by atoms with van der Waals surface area (Å²) in [6.45, 7) is 1.07. The van der Waals surface area contributed by atoms with E-state index in [0.717, 1.165) is 31.0 Å². The zero-order chi connectivity index (χ0) is 24.7. The summed E-state index contributed by atoms with van der Waals surface area (Å²) in [5, 5.41) is 0.764. The van der Waals surface area contributed by atoms with Crippen LogP contribution in [0.1, 0.15) is 30.9 Å². The van der Waals surface area contributed by atoms with Gasteiger partial charge in [0, 0.05) is 18.0 Å². The maximum absolute atomic E-state index is 13.9. The first-order valence-electron chi connectivity index (χ1n) is 10.2. The monoisotopic (exact) mass is 542 g/mol. The number of rotatable bonds is 11. The Kier molecular flexibility index (Phi) is 9.63. The van der Waals surface area contributed by atoms with Crippen LogP contribution in [0.2, 0.25) is 0 Å². The average Bonchev–Trinajstić information content (AvgIpc) is 2.73. The summed E-state index contributed by atoms with van der Waals surface area (Å²) < 4.78 is 97.8. The molecule has 0 aliphatic carbocycles. The maximum Gasteiger partial charge on any atom is 0.430 e. The van der Waals surface area contributed by atoms with Crippen molar-refractivity contribution in [2.45, 2.75) is 44.1 Å². The van der Waals surface area contributed by atoms with Gasteiger partial charge in [0.15, 0.2) is 0 Å². The van der Waals surface area contributed by atoms with Crippen molar-refractivity contribution in [3.05, 3.63) is 53.6 Å². The molecule has 10 heteroatoms. The number of benzene rings is 2. The summed E-state index contributed by atoms with van der Waals surface area (Å²) in [4.78, 5) is 0. The van der Waals surface area contributed by atoms with Crippen LogP contribution in [-0.2, 0) is 21.5 Å². The zero-order valence-corrected chi connectivity index (χ0v) is 19.7. The standard InChI is InChI=1S/C23H25BrF6O3/c1-3-6-16-13-18(21(22(25,26)27,23(28,29)30)33-15-31-2)9-10-20(16)17-7-4-8-19(14-17)32-12-5-11-24/h4,7-10,13-14H,3,5-6,11-12,15H2,1-2H3. The van der Waals surface area contributed by atoms with E-state index in [0.29, 0.717) is 35.5 Å². The van der Waals surface area contributed by atoms with E-state index in [1.165, 1.54) is 6.07 Å².